The predicted octanol–water partition coefficient (Wildman–Crippen LogP) is 5.11. The van der Waals surface area contributed by atoms with E-state index in [1.54, 1.807) is 19.2 Å². The number of sulfone groups is 1. The van der Waals surface area contributed by atoms with Crippen LogP contribution in [0.15, 0.2) is 58.5 Å². The average Bonchev–Trinajstić information content (AvgIpc) is 2.73. The molecular weight excluding hydrogens is 408 g/mol. The largest absolute Gasteiger partial charge is 0.497 e. The number of piperidine rings is 1. The van der Waals surface area contributed by atoms with Gasteiger partial charge in [-0.3, -0.25) is 4.98 Å². The van der Waals surface area contributed by atoms with E-state index >= 15 is 0 Å². The van der Waals surface area contributed by atoms with E-state index in [-0.39, 0.29) is 15.8 Å². The van der Waals surface area contributed by atoms with Gasteiger partial charge in [0.2, 0.25) is 9.84 Å². The van der Waals surface area contributed by atoms with Crippen LogP contribution in [-0.4, -0.2) is 33.1 Å². The maximum Gasteiger partial charge on any atom is 0.210 e. The number of ether oxygens (including phenoxy) is 1. The van der Waals surface area contributed by atoms with E-state index < -0.39 is 9.84 Å². The zero-order valence-corrected chi connectivity index (χ0v) is 18.0. The van der Waals surface area contributed by atoms with E-state index in [2.05, 4.69) is 16.8 Å². The number of hydrogen-bond acceptors (Lipinski definition) is 5. The number of halogens is 1. The standard InChI is InChI=1S/C22H23ClN2O3S/c1-15-5-3-4-12-25(15)22-19-13-17(28-2)8-11-20(19)24-14-21(22)29(26,27)18-9-6-16(23)7-10-18/h6-11,13-15H,3-5,12H2,1-2H3/t15-/m1/s1. The van der Waals surface area contributed by atoms with E-state index in [9.17, 15) is 8.42 Å². The van der Waals surface area contributed by atoms with E-state index in [4.69, 9.17) is 16.3 Å². The fourth-order valence-electron chi connectivity index (χ4n) is 3.93. The molecule has 0 N–H and O–H groups in total. The molecule has 0 aliphatic carbocycles. The summed E-state index contributed by atoms with van der Waals surface area (Å²) in [6, 6.07) is 12.1. The molecule has 5 nitrogen and oxygen atoms in total. The lowest BCUT2D eigenvalue weighted by molar-refractivity contribution is 0.415. The second kappa shape index (κ2) is 7.84. The molecule has 2 heterocycles. The molecule has 1 atom stereocenters. The summed E-state index contributed by atoms with van der Waals surface area (Å²) in [6.45, 7) is 2.95. The van der Waals surface area contributed by atoms with Crippen LogP contribution in [0.2, 0.25) is 5.02 Å². The Morgan fingerprint density at radius 2 is 1.90 bits per heavy atom. The Morgan fingerprint density at radius 1 is 1.14 bits per heavy atom. The van der Waals surface area contributed by atoms with Gasteiger partial charge in [0.25, 0.3) is 0 Å². The van der Waals surface area contributed by atoms with E-state index in [0.717, 1.165) is 36.7 Å². The number of nitrogens with zero attached hydrogens (tertiary/aromatic N) is 2. The molecule has 1 aromatic heterocycles. The molecule has 1 fully saturated rings. The van der Waals surface area contributed by atoms with Crippen LogP contribution in [0.5, 0.6) is 5.75 Å². The lowest BCUT2D eigenvalue weighted by Gasteiger charge is -2.37. The van der Waals surface area contributed by atoms with E-state index in [0.29, 0.717) is 16.5 Å². The van der Waals surface area contributed by atoms with Crippen molar-refractivity contribution in [1.29, 1.82) is 0 Å². The fraction of sp³-hybridized carbons (Fsp3) is 0.318. The highest BCUT2D eigenvalue weighted by molar-refractivity contribution is 7.91. The minimum absolute atomic E-state index is 0.205. The minimum Gasteiger partial charge on any atom is -0.497 e. The van der Waals surface area contributed by atoms with Crippen molar-refractivity contribution in [3.05, 3.63) is 53.7 Å². The summed E-state index contributed by atoms with van der Waals surface area (Å²) in [5.41, 5.74) is 1.45. The Balaban J connectivity index is 2.00. The highest BCUT2D eigenvalue weighted by Gasteiger charge is 2.30. The molecule has 4 rings (SSSR count). The van der Waals surface area contributed by atoms with Crippen LogP contribution in [0.3, 0.4) is 0 Å². The van der Waals surface area contributed by atoms with Crippen molar-refractivity contribution in [2.24, 2.45) is 0 Å². The van der Waals surface area contributed by atoms with Crippen molar-refractivity contribution in [3.8, 4) is 5.75 Å². The maximum absolute atomic E-state index is 13.6. The summed E-state index contributed by atoms with van der Waals surface area (Å²) >= 11 is 5.96. The van der Waals surface area contributed by atoms with Gasteiger partial charge in [0.05, 0.1) is 23.2 Å². The van der Waals surface area contributed by atoms with E-state index in [1.807, 2.05) is 18.2 Å². The number of fused-ring (bicyclic) bond motifs is 1. The maximum atomic E-state index is 13.6. The van der Waals surface area contributed by atoms with Crippen molar-refractivity contribution >= 4 is 38.0 Å². The highest BCUT2D eigenvalue weighted by Crippen LogP contribution is 2.39. The van der Waals surface area contributed by atoms with Gasteiger partial charge in [0.15, 0.2) is 0 Å². The quantitative estimate of drug-likeness (QED) is 0.575. The molecule has 3 aromatic rings. The van der Waals surface area contributed by atoms with Gasteiger partial charge in [-0.1, -0.05) is 11.6 Å². The SMILES string of the molecule is COc1ccc2ncc(S(=O)(=O)c3ccc(Cl)cc3)c(N3CCCC[C@H]3C)c2c1. The van der Waals surface area contributed by atoms with Gasteiger partial charge in [0, 0.05) is 29.2 Å². The summed E-state index contributed by atoms with van der Waals surface area (Å²) in [7, 11) is -2.17. The Morgan fingerprint density at radius 3 is 2.59 bits per heavy atom. The average molecular weight is 431 g/mol. The van der Waals surface area contributed by atoms with Gasteiger partial charge in [-0.05, 0) is 68.7 Å². The third kappa shape index (κ3) is 3.67. The molecule has 0 amide bonds. The van der Waals surface area contributed by atoms with Crippen molar-refractivity contribution < 1.29 is 13.2 Å². The van der Waals surface area contributed by atoms with Crippen LogP contribution in [-0.2, 0) is 9.84 Å². The van der Waals surface area contributed by atoms with Crippen molar-refractivity contribution in [1.82, 2.24) is 4.98 Å². The Kier molecular flexibility index (Phi) is 5.40. The number of benzene rings is 2. The normalized spacial score (nSPS) is 17.5. The molecule has 0 radical (unpaired) electrons. The number of hydrogen-bond donors (Lipinski definition) is 0. The predicted molar refractivity (Wildman–Crippen MR) is 116 cm³/mol. The topological polar surface area (TPSA) is 59.5 Å². The van der Waals surface area contributed by atoms with Gasteiger partial charge in [0.1, 0.15) is 10.6 Å². The molecule has 2 aromatic carbocycles. The third-order valence-electron chi connectivity index (χ3n) is 5.52. The summed E-state index contributed by atoms with van der Waals surface area (Å²) in [6.07, 6.45) is 4.67. The lowest BCUT2D eigenvalue weighted by atomic mass is 10.0. The van der Waals surface area contributed by atoms with Gasteiger partial charge in [-0.15, -0.1) is 0 Å². The van der Waals surface area contributed by atoms with Crippen molar-refractivity contribution in [2.75, 3.05) is 18.6 Å². The molecule has 0 unspecified atom stereocenters. The first kappa shape index (κ1) is 20.0. The first-order valence-electron chi connectivity index (χ1n) is 9.66. The second-order valence-corrected chi connectivity index (χ2v) is 9.70. The molecule has 29 heavy (non-hydrogen) atoms. The van der Waals surface area contributed by atoms with Crippen LogP contribution < -0.4 is 9.64 Å². The number of rotatable bonds is 4. The molecule has 1 aliphatic rings. The molecule has 1 saturated heterocycles. The van der Waals surface area contributed by atoms with Crippen molar-refractivity contribution in [2.45, 2.75) is 42.0 Å². The molecular formula is C22H23ClN2O3S. The molecule has 0 saturated carbocycles. The van der Waals surface area contributed by atoms with Crippen LogP contribution in [0, 0.1) is 0 Å². The number of aromatic nitrogens is 1. The van der Waals surface area contributed by atoms with Gasteiger partial charge in [-0.2, -0.15) is 0 Å². The number of methoxy groups -OCH3 is 1. The third-order valence-corrected chi connectivity index (χ3v) is 7.54. The van der Waals surface area contributed by atoms with E-state index in [1.165, 1.54) is 18.3 Å². The number of anilines is 1. The summed E-state index contributed by atoms with van der Waals surface area (Å²) < 4.78 is 32.5. The summed E-state index contributed by atoms with van der Waals surface area (Å²) in [5, 5.41) is 1.28. The molecule has 7 heteroatoms. The zero-order chi connectivity index (χ0) is 20.6. The molecule has 1 aliphatic heterocycles. The van der Waals surface area contributed by atoms with Gasteiger partial charge in [-0.25, -0.2) is 8.42 Å². The van der Waals surface area contributed by atoms with Crippen molar-refractivity contribution in [3.63, 3.8) is 0 Å². The second-order valence-electron chi connectivity index (χ2n) is 7.35. The monoisotopic (exact) mass is 430 g/mol. The number of pyridine rings is 1. The van der Waals surface area contributed by atoms with Crippen LogP contribution in [0.4, 0.5) is 5.69 Å². The van der Waals surface area contributed by atoms with Crippen LogP contribution in [0.1, 0.15) is 26.2 Å². The first-order valence-corrected chi connectivity index (χ1v) is 11.5. The highest BCUT2D eigenvalue weighted by atomic mass is 35.5. The van der Waals surface area contributed by atoms with Crippen LogP contribution in [0.25, 0.3) is 10.9 Å². The molecule has 0 bridgehead atoms. The Hall–Kier alpha value is -2.31. The fourth-order valence-corrected chi connectivity index (χ4v) is 5.48. The first-order chi connectivity index (χ1) is 13.9. The summed E-state index contributed by atoms with van der Waals surface area (Å²) in [4.78, 5) is 7.09. The molecule has 0 spiro atoms. The molecule has 152 valence electrons. The van der Waals surface area contributed by atoms with Gasteiger partial charge >= 0.3 is 0 Å². The zero-order valence-electron chi connectivity index (χ0n) is 16.4. The Bertz CT molecular complexity index is 1150. The van der Waals surface area contributed by atoms with Crippen LogP contribution >= 0.6 is 11.6 Å². The smallest absolute Gasteiger partial charge is 0.210 e. The minimum atomic E-state index is -3.77. The Labute approximate surface area is 176 Å². The van der Waals surface area contributed by atoms with Gasteiger partial charge < -0.3 is 9.64 Å². The lowest BCUT2D eigenvalue weighted by Crippen LogP contribution is -2.38. The summed E-state index contributed by atoms with van der Waals surface area (Å²) in [5.74, 6) is 0.672.